The van der Waals surface area contributed by atoms with Crippen LogP contribution in [0.25, 0.3) is 0 Å². The maximum Gasteiger partial charge on any atom is 0.248 e. The third-order valence-corrected chi connectivity index (χ3v) is 4.19. The topological polar surface area (TPSA) is 70.0 Å². The molecule has 4 nitrogen and oxygen atoms in total. The Kier molecular flexibility index (Phi) is 4.19. The van der Waals surface area contributed by atoms with Crippen molar-refractivity contribution >= 4 is 43.2 Å². The highest BCUT2D eigenvalue weighted by molar-refractivity contribution is 9.10. The Labute approximate surface area is 107 Å². The summed E-state index contributed by atoms with van der Waals surface area (Å²) in [5.41, 5.74) is 0.248. The Morgan fingerprint density at radius 2 is 2.19 bits per heavy atom. The lowest BCUT2D eigenvalue weighted by atomic mass is 10.3. The van der Waals surface area contributed by atoms with E-state index in [1.165, 1.54) is 13.0 Å². The summed E-state index contributed by atoms with van der Waals surface area (Å²) in [5.74, 6) is 0. The van der Waals surface area contributed by atoms with Crippen molar-refractivity contribution < 1.29 is 8.42 Å². The van der Waals surface area contributed by atoms with E-state index >= 15 is 0 Å². The molecule has 0 aliphatic carbocycles. The molecule has 0 aromatic heterocycles. The lowest BCUT2D eigenvalue weighted by Gasteiger charge is -2.10. The van der Waals surface area contributed by atoms with Crippen molar-refractivity contribution in [2.24, 2.45) is 0 Å². The Hall–Kier alpha value is -0.770. The Bertz CT molecular complexity index is 539. The maximum atomic E-state index is 11.6. The normalized spacial score (nSPS) is 12.9. The summed E-state index contributed by atoms with van der Waals surface area (Å²) in [5, 5.41) is 7.70. The van der Waals surface area contributed by atoms with Gasteiger partial charge in [-0.2, -0.15) is 5.26 Å². The van der Waals surface area contributed by atoms with Crippen LogP contribution in [0.1, 0.15) is 6.92 Å². The summed E-state index contributed by atoms with van der Waals surface area (Å²) in [7, 11) is -3.72. The molecule has 1 atom stereocenters. The Morgan fingerprint density at radius 3 is 2.75 bits per heavy atom. The van der Waals surface area contributed by atoms with Gasteiger partial charge in [-0.1, -0.05) is 27.5 Å². The molecule has 16 heavy (non-hydrogen) atoms. The van der Waals surface area contributed by atoms with Crippen molar-refractivity contribution in [1.29, 1.82) is 5.26 Å². The van der Waals surface area contributed by atoms with Crippen LogP contribution >= 0.6 is 27.5 Å². The van der Waals surface area contributed by atoms with Crippen molar-refractivity contribution in [1.82, 2.24) is 0 Å². The van der Waals surface area contributed by atoms with Crippen LogP contribution in [0.15, 0.2) is 22.7 Å². The first-order chi connectivity index (χ1) is 7.36. The van der Waals surface area contributed by atoms with Crippen molar-refractivity contribution in [3.05, 3.63) is 27.7 Å². The zero-order valence-electron chi connectivity index (χ0n) is 8.24. The largest absolute Gasteiger partial charge is 0.281 e. The Balaban J connectivity index is 3.07. The molecule has 1 aromatic rings. The molecule has 0 heterocycles. The highest BCUT2D eigenvalue weighted by atomic mass is 79.9. The van der Waals surface area contributed by atoms with Gasteiger partial charge in [-0.25, -0.2) is 8.42 Å². The van der Waals surface area contributed by atoms with E-state index in [0.29, 0.717) is 4.47 Å². The first-order valence-corrected chi connectivity index (χ1v) is 6.95. The molecule has 0 spiro atoms. The smallest absolute Gasteiger partial charge is 0.248 e. The fraction of sp³-hybridized carbons (Fsp3) is 0.222. The minimum Gasteiger partial charge on any atom is -0.281 e. The first-order valence-electron chi connectivity index (χ1n) is 4.23. The number of hydrogen-bond acceptors (Lipinski definition) is 3. The number of sulfonamides is 1. The van der Waals surface area contributed by atoms with E-state index in [0.717, 1.165) is 0 Å². The van der Waals surface area contributed by atoms with Crippen LogP contribution in [0.3, 0.4) is 0 Å². The van der Waals surface area contributed by atoms with Gasteiger partial charge in [0.05, 0.1) is 16.8 Å². The molecule has 1 N–H and O–H groups in total. The minimum absolute atomic E-state index is 0.248. The molecule has 0 amide bonds. The van der Waals surface area contributed by atoms with E-state index in [-0.39, 0.29) is 10.7 Å². The van der Waals surface area contributed by atoms with Gasteiger partial charge in [0.25, 0.3) is 0 Å². The summed E-state index contributed by atoms with van der Waals surface area (Å²) in [6, 6.07) is 6.43. The molecule has 1 rings (SSSR count). The van der Waals surface area contributed by atoms with Gasteiger partial charge in [-0.3, -0.25) is 4.72 Å². The number of nitrogens with one attached hydrogen (secondary N) is 1. The van der Waals surface area contributed by atoms with Gasteiger partial charge in [-0.15, -0.1) is 0 Å². The van der Waals surface area contributed by atoms with Crippen molar-refractivity contribution in [2.45, 2.75) is 12.2 Å². The van der Waals surface area contributed by atoms with Crippen molar-refractivity contribution in [3.8, 4) is 6.07 Å². The standard InChI is InChI=1S/C9H8BrClN2O2S/c1-6(5-12)16(14,15)13-9-4-7(10)2-3-8(9)11/h2-4,6,13H,1H3. The van der Waals surface area contributed by atoms with Gasteiger partial charge in [-0.05, 0) is 25.1 Å². The van der Waals surface area contributed by atoms with Crippen LogP contribution in [-0.4, -0.2) is 13.7 Å². The summed E-state index contributed by atoms with van der Waals surface area (Å²) in [4.78, 5) is 0. The van der Waals surface area contributed by atoms with Gasteiger partial charge in [0.1, 0.15) is 0 Å². The maximum absolute atomic E-state index is 11.6. The summed E-state index contributed by atoms with van der Waals surface area (Å²) >= 11 is 9.02. The third-order valence-electron chi connectivity index (χ3n) is 1.83. The van der Waals surface area contributed by atoms with Crippen molar-refractivity contribution in [3.63, 3.8) is 0 Å². The van der Waals surface area contributed by atoms with Gasteiger partial charge in [0.2, 0.25) is 10.0 Å². The monoisotopic (exact) mass is 322 g/mol. The molecule has 86 valence electrons. The molecule has 0 radical (unpaired) electrons. The molecule has 0 aliphatic rings. The number of hydrogen-bond donors (Lipinski definition) is 1. The number of nitrogens with zero attached hydrogens (tertiary/aromatic N) is 1. The van der Waals surface area contributed by atoms with E-state index in [1.54, 1.807) is 18.2 Å². The quantitative estimate of drug-likeness (QED) is 0.930. The molecule has 0 saturated heterocycles. The fourth-order valence-electron chi connectivity index (χ4n) is 0.887. The average Bonchev–Trinajstić information content (AvgIpc) is 2.22. The highest BCUT2D eigenvalue weighted by Gasteiger charge is 2.20. The molecule has 0 bridgehead atoms. The lowest BCUT2D eigenvalue weighted by Crippen LogP contribution is -2.23. The zero-order chi connectivity index (χ0) is 12.3. The molecule has 0 saturated carbocycles. The molecular weight excluding hydrogens is 316 g/mol. The predicted octanol–water partition coefficient (Wildman–Crippen LogP) is 2.76. The van der Waals surface area contributed by atoms with Gasteiger partial charge >= 0.3 is 0 Å². The second-order valence-corrected chi connectivity index (χ2v) is 6.37. The first kappa shape index (κ1) is 13.3. The minimum atomic E-state index is -3.72. The number of benzene rings is 1. The number of anilines is 1. The second-order valence-electron chi connectivity index (χ2n) is 3.04. The van der Waals surface area contributed by atoms with E-state index in [9.17, 15) is 8.42 Å². The summed E-state index contributed by atoms with van der Waals surface area (Å²) in [6.07, 6.45) is 0. The number of halogens is 2. The van der Waals surface area contributed by atoms with Gasteiger partial charge in [0.15, 0.2) is 5.25 Å². The van der Waals surface area contributed by atoms with Crippen LogP contribution in [0.5, 0.6) is 0 Å². The van der Waals surface area contributed by atoms with Gasteiger partial charge < -0.3 is 0 Å². The third kappa shape index (κ3) is 3.11. The summed E-state index contributed by atoms with van der Waals surface area (Å²) < 4.78 is 26.1. The second kappa shape index (κ2) is 5.04. The van der Waals surface area contributed by atoms with Gasteiger partial charge in [0, 0.05) is 4.47 Å². The zero-order valence-corrected chi connectivity index (χ0v) is 11.4. The molecule has 0 fully saturated rings. The Morgan fingerprint density at radius 1 is 1.56 bits per heavy atom. The van der Waals surface area contributed by atoms with Crippen LogP contribution in [0, 0.1) is 11.3 Å². The van der Waals surface area contributed by atoms with E-state index in [2.05, 4.69) is 20.7 Å². The van der Waals surface area contributed by atoms with Crippen LogP contribution in [-0.2, 0) is 10.0 Å². The van der Waals surface area contributed by atoms with Crippen LogP contribution < -0.4 is 4.72 Å². The SMILES string of the molecule is CC(C#N)S(=O)(=O)Nc1cc(Br)ccc1Cl. The molecule has 1 unspecified atom stereocenters. The summed E-state index contributed by atoms with van der Waals surface area (Å²) in [6.45, 7) is 1.30. The molecule has 0 aliphatic heterocycles. The average molecular weight is 324 g/mol. The molecule has 1 aromatic carbocycles. The van der Waals surface area contributed by atoms with Crippen molar-refractivity contribution in [2.75, 3.05) is 4.72 Å². The lowest BCUT2D eigenvalue weighted by molar-refractivity contribution is 0.597. The fourth-order valence-corrected chi connectivity index (χ4v) is 2.26. The van der Waals surface area contributed by atoms with E-state index in [1.807, 2.05) is 0 Å². The van der Waals surface area contributed by atoms with Crippen LogP contribution in [0.4, 0.5) is 5.69 Å². The predicted molar refractivity (Wildman–Crippen MR) is 66.8 cm³/mol. The molecule has 7 heteroatoms. The van der Waals surface area contributed by atoms with Crippen LogP contribution in [0.2, 0.25) is 5.02 Å². The molecular formula is C9H8BrClN2O2S. The van der Waals surface area contributed by atoms with E-state index in [4.69, 9.17) is 16.9 Å². The van der Waals surface area contributed by atoms with E-state index < -0.39 is 15.3 Å². The number of nitriles is 1. The number of rotatable bonds is 3. The highest BCUT2D eigenvalue weighted by Crippen LogP contribution is 2.27.